The van der Waals surface area contributed by atoms with Gasteiger partial charge in [0.15, 0.2) is 0 Å². The van der Waals surface area contributed by atoms with Crippen LogP contribution in [0.1, 0.15) is 43.7 Å². The summed E-state index contributed by atoms with van der Waals surface area (Å²) in [5, 5.41) is 7.78. The van der Waals surface area contributed by atoms with Crippen LogP contribution in [-0.4, -0.2) is 75.4 Å². The Morgan fingerprint density at radius 1 is 1.11 bits per heavy atom. The predicted octanol–water partition coefficient (Wildman–Crippen LogP) is 2.60. The lowest BCUT2D eigenvalue weighted by Crippen LogP contribution is -2.47. The number of carbonyl (C=O) groups excluding carboxylic acids is 1. The van der Waals surface area contributed by atoms with Gasteiger partial charge in [-0.1, -0.05) is 0 Å². The number of rotatable bonds is 8. The number of hydrogen-bond acceptors (Lipinski definition) is 8. The minimum Gasteiger partial charge on any atom is -0.378 e. The number of carbonyl (C=O) groups is 1. The van der Waals surface area contributed by atoms with E-state index in [2.05, 4.69) is 20.4 Å². The molecule has 0 aliphatic carbocycles. The fourth-order valence-corrected chi connectivity index (χ4v) is 4.53. The zero-order chi connectivity index (χ0) is 26.7. The van der Waals surface area contributed by atoms with Crippen molar-refractivity contribution >= 4 is 17.5 Å². The van der Waals surface area contributed by atoms with Gasteiger partial charge in [-0.05, 0) is 19.8 Å². The highest BCUT2D eigenvalue weighted by atomic mass is 19.4. The normalized spacial score (nSPS) is 20.1. The third-order valence-corrected chi connectivity index (χ3v) is 6.38. The third-order valence-electron chi connectivity index (χ3n) is 6.38. The molecule has 2 saturated heterocycles. The Bertz CT molecular complexity index is 1140. The fraction of sp³-hybridized carbons (Fsp3) is 0.591. The number of piperidine rings is 1. The lowest BCUT2D eigenvalue weighted by Gasteiger charge is -2.36. The van der Waals surface area contributed by atoms with E-state index in [1.54, 1.807) is 16.9 Å². The summed E-state index contributed by atoms with van der Waals surface area (Å²) in [6, 6.07) is -0.657. The number of amides is 1. The van der Waals surface area contributed by atoms with Crippen molar-refractivity contribution in [3.63, 3.8) is 0 Å². The summed E-state index contributed by atoms with van der Waals surface area (Å²) in [5.74, 6) is 0.180. The topological polar surface area (TPSA) is 116 Å². The number of hydrogen-bond donors (Lipinski definition) is 2. The van der Waals surface area contributed by atoms with Crippen LogP contribution in [0.5, 0.6) is 0 Å². The molecule has 0 spiro atoms. The van der Waals surface area contributed by atoms with Gasteiger partial charge in [0, 0.05) is 50.5 Å². The van der Waals surface area contributed by atoms with Crippen LogP contribution < -0.4 is 15.8 Å². The smallest absolute Gasteiger partial charge is 0.378 e. The Kier molecular flexibility index (Phi) is 7.90. The largest absolute Gasteiger partial charge is 0.423 e. The summed E-state index contributed by atoms with van der Waals surface area (Å²) in [6.45, 7) is 3.12. The summed E-state index contributed by atoms with van der Waals surface area (Å²) >= 11 is 0. The van der Waals surface area contributed by atoms with Gasteiger partial charge in [0.1, 0.15) is 11.7 Å². The molecule has 0 saturated carbocycles. The summed E-state index contributed by atoms with van der Waals surface area (Å²) in [7, 11) is 0. The first kappa shape index (κ1) is 26.7. The molecule has 15 heteroatoms. The molecule has 0 radical (unpaired) electrons. The number of aromatic nitrogens is 4. The number of nitrogens with one attached hydrogen (secondary N) is 2. The Balaban J connectivity index is 1.27. The van der Waals surface area contributed by atoms with Crippen LogP contribution in [0.2, 0.25) is 0 Å². The average Bonchev–Trinajstić information content (AvgIpc) is 3.22. The van der Waals surface area contributed by atoms with E-state index in [0.717, 1.165) is 18.6 Å². The lowest BCUT2D eigenvalue weighted by atomic mass is 10.0. The van der Waals surface area contributed by atoms with Crippen molar-refractivity contribution in [3.8, 4) is 0 Å². The van der Waals surface area contributed by atoms with Crippen LogP contribution in [0.3, 0.4) is 0 Å². The van der Waals surface area contributed by atoms with Gasteiger partial charge in [-0.3, -0.25) is 9.59 Å². The molecule has 2 aromatic heterocycles. The van der Waals surface area contributed by atoms with E-state index in [9.17, 15) is 31.5 Å². The fourth-order valence-electron chi connectivity index (χ4n) is 4.53. The molecule has 10 nitrogen and oxygen atoms in total. The quantitative estimate of drug-likeness (QED) is 0.500. The maximum atomic E-state index is 13.2. The first-order valence-electron chi connectivity index (χ1n) is 11.7. The molecule has 4 heterocycles. The van der Waals surface area contributed by atoms with Gasteiger partial charge in [0.05, 0.1) is 24.1 Å². The Morgan fingerprint density at radius 3 is 2.41 bits per heavy atom. The van der Waals surface area contributed by atoms with Crippen molar-refractivity contribution in [2.45, 2.75) is 57.0 Å². The third kappa shape index (κ3) is 6.14. The van der Waals surface area contributed by atoms with Crippen molar-refractivity contribution in [1.29, 1.82) is 0 Å². The zero-order valence-electron chi connectivity index (χ0n) is 19.8. The summed E-state index contributed by atoms with van der Waals surface area (Å²) in [6.07, 6.45) is -3.37. The molecule has 0 unspecified atom stereocenters. The molecule has 2 N–H and O–H groups in total. The number of H-pyrrole nitrogens is 1. The predicted molar refractivity (Wildman–Crippen MR) is 121 cm³/mol. The molecule has 0 bridgehead atoms. The Morgan fingerprint density at radius 2 is 1.78 bits per heavy atom. The van der Waals surface area contributed by atoms with Crippen LogP contribution in [0.15, 0.2) is 23.4 Å². The SMILES string of the molecule is C[C@@H](CO[C@@H]1CCN(C2CCN(c3ncc(C(F)F)cn3)CC2)C1=O)Nc1cn[nH]c(=O)c1C(F)(F)F. The highest BCUT2D eigenvalue weighted by Gasteiger charge is 2.39. The van der Waals surface area contributed by atoms with Gasteiger partial charge in [0.25, 0.3) is 17.9 Å². The highest BCUT2D eigenvalue weighted by molar-refractivity contribution is 5.83. The van der Waals surface area contributed by atoms with Crippen molar-refractivity contribution in [3.05, 3.63) is 40.1 Å². The van der Waals surface area contributed by atoms with Gasteiger partial charge in [-0.2, -0.15) is 18.3 Å². The van der Waals surface area contributed by atoms with Crippen molar-refractivity contribution in [2.24, 2.45) is 0 Å². The van der Waals surface area contributed by atoms with Gasteiger partial charge in [0.2, 0.25) is 5.95 Å². The Hall–Kier alpha value is -3.36. The number of anilines is 2. The molecule has 2 aliphatic heterocycles. The molecule has 2 aromatic rings. The second-order valence-corrected chi connectivity index (χ2v) is 9.01. The van der Waals surface area contributed by atoms with Crippen LogP contribution in [0.4, 0.5) is 33.6 Å². The van der Waals surface area contributed by atoms with E-state index >= 15 is 0 Å². The highest BCUT2D eigenvalue weighted by Crippen LogP contribution is 2.32. The molecular formula is C22H26F5N7O3. The minimum atomic E-state index is -4.86. The summed E-state index contributed by atoms with van der Waals surface area (Å²) < 4.78 is 70.8. The Labute approximate surface area is 208 Å². The number of nitrogens with zero attached hydrogens (tertiary/aromatic N) is 5. The molecule has 2 fully saturated rings. The lowest BCUT2D eigenvalue weighted by molar-refractivity contribution is -0.139. The number of aromatic amines is 1. The van der Waals surface area contributed by atoms with Crippen molar-refractivity contribution in [2.75, 3.05) is 36.5 Å². The molecular weight excluding hydrogens is 505 g/mol. The monoisotopic (exact) mass is 531 g/mol. The standard InChI is InChI=1S/C22H26F5N7O3/c1-12(31-15-10-30-32-19(35)17(15)22(25,26)27)11-37-16-4-7-34(20(16)36)14-2-5-33(6-3-14)21-28-8-13(9-29-21)18(23)24/h8-10,12,14,16,18H,2-7,11H2,1H3,(H2,31,32,35)/t12-,16+/m0/s1. The van der Waals surface area contributed by atoms with Crippen molar-refractivity contribution < 1.29 is 31.5 Å². The van der Waals surface area contributed by atoms with E-state index in [-0.39, 0.29) is 24.1 Å². The first-order chi connectivity index (χ1) is 17.5. The molecule has 202 valence electrons. The number of alkyl halides is 5. The van der Waals surface area contributed by atoms with E-state index in [1.165, 1.54) is 0 Å². The van der Waals surface area contributed by atoms with E-state index < -0.39 is 41.6 Å². The molecule has 1 amide bonds. The van der Waals surface area contributed by atoms with E-state index in [1.807, 2.05) is 4.90 Å². The number of halogens is 5. The maximum absolute atomic E-state index is 13.2. The molecule has 37 heavy (non-hydrogen) atoms. The summed E-state index contributed by atoms with van der Waals surface area (Å²) in [5.41, 5.74) is -3.44. The molecule has 2 aliphatic rings. The maximum Gasteiger partial charge on any atom is 0.423 e. The van der Waals surface area contributed by atoms with Crippen LogP contribution in [0, 0.1) is 0 Å². The van der Waals surface area contributed by atoms with Gasteiger partial charge < -0.3 is 19.9 Å². The van der Waals surface area contributed by atoms with Crippen LogP contribution in [-0.2, 0) is 15.7 Å². The molecule has 0 aromatic carbocycles. The second-order valence-electron chi connectivity index (χ2n) is 9.01. The first-order valence-corrected chi connectivity index (χ1v) is 11.7. The van der Waals surface area contributed by atoms with Crippen LogP contribution in [0.25, 0.3) is 0 Å². The molecule has 4 rings (SSSR count). The minimum absolute atomic E-state index is 0.0234. The van der Waals surface area contributed by atoms with Crippen LogP contribution >= 0.6 is 0 Å². The van der Waals surface area contributed by atoms with Gasteiger partial charge >= 0.3 is 6.18 Å². The summed E-state index contributed by atoms with van der Waals surface area (Å²) in [4.78, 5) is 36.2. The molecule has 2 atom stereocenters. The number of ether oxygens (including phenoxy) is 1. The van der Waals surface area contributed by atoms with Crippen molar-refractivity contribution in [1.82, 2.24) is 25.1 Å². The van der Waals surface area contributed by atoms with Gasteiger partial charge in [-0.25, -0.2) is 23.8 Å². The number of likely N-dealkylation sites (tertiary alicyclic amines) is 1. The van der Waals surface area contributed by atoms with Gasteiger partial charge in [-0.15, -0.1) is 0 Å². The zero-order valence-corrected chi connectivity index (χ0v) is 19.8. The van der Waals surface area contributed by atoms with E-state index in [0.29, 0.717) is 44.8 Å². The average molecular weight is 531 g/mol. The second kappa shape index (κ2) is 10.9. The van der Waals surface area contributed by atoms with E-state index in [4.69, 9.17) is 4.74 Å².